The fraction of sp³-hybridized carbons (Fsp3) is 0.500. The molecular formula is C16H21ClN4. The third-order valence-electron chi connectivity index (χ3n) is 4.09. The van der Waals surface area contributed by atoms with Crippen molar-refractivity contribution in [3.63, 3.8) is 0 Å². The van der Waals surface area contributed by atoms with Crippen molar-refractivity contribution in [3.05, 3.63) is 29.5 Å². The van der Waals surface area contributed by atoms with Crippen LogP contribution in [0.2, 0.25) is 5.28 Å². The Morgan fingerprint density at radius 2 is 1.90 bits per heavy atom. The Labute approximate surface area is 130 Å². The average molecular weight is 305 g/mol. The maximum Gasteiger partial charge on any atom is 0.224 e. The highest BCUT2D eigenvalue weighted by Gasteiger charge is 2.22. The maximum atomic E-state index is 6.09. The SMILES string of the molecule is CN(C)CC1CCN(c2nc(Cl)nc3ccccc23)CC1. The van der Waals surface area contributed by atoms with E-state index in [9.17, 15) is 0 Å². The molecule has 0 bridgehead atoms. The molecule has 1 aromatic heterocycles. The van der Waals surface area contributed by atoms with Crippen molar-refractivity contribution >= 4 is 28.3 Å². The van der Waals surface area contributed by atoms with Gasteiger partial charge >= 0.3 is 0 Å². The summed E-state index contributed by atoms with van der Waals surface area (Å²) < 4.78 is 0. The molecule has 21 heavy (non-hydrogen) atoms. The van der Waals surface area contributed by atoms with Gasteiger partial charge in [-0.25, -0.2) is 4.98 Å². The summed E-state index contributed by atoms with van der Waals surface area (Å²) in [5.41, 5.74) is 0.919. The predicted octanol–water partition coefficient (Wildman–Crippen LogP) is 3.06. The van der Waals surface area contributed by atoms with Gasteiger partial charge in [-0.05, 0) is 56.6 Å². The Hall–Kier alpha value is -1.39. The first kappa shape index (κ1) is 14.5. The zero-order chi connectivity index (χ0) is 14.8. The van der Waals surface area contributed by atoms with Crippen LogP contribution in [0, 0.1) is 5.92 Å². The van der Waals surface area contributed by atoms with E-state index in [0.29, 0.717) is 5.28 Å². The summed E-state index contributed by atoms with van der Waals surface area (Å²) in [5, 5.41) is 1.42. The second-order valence-electron chi connectivity index (χ2n) is 6.03. The lowest BCUT2D eigenvalue weighted by Gasteiger charge is -2.34. The first-order valence-corrected chi connectivity index (χ1v) is 7.83. The van der Waals surface area contributed by atoms with E-state index in [1.165, 1.54) is 19.4 Å². The van der Waals surface area contributed by atoms with Gasteiger partial charge in [0.05, 0.1) is 5.52 Å². The molecule has 112 valence electrons. The highest BCUT2D eigenvalue weighted by atomic mass is 35.5. The first-order valence-electron chi connectivity index (χ1n) is 7.45. The van der Waals surface area contributed by atoms with Gasteiger partial charge in [0.15, 0.2) is 0 Å². The van der Waals surface area contributed by atoms with Crippen LogP contribution in [0.3, 0.4) is 0 Å². The summed E-state index contributed by atoms with van der Waals surface area (Å²) in [6, 6.07) is 8.08. The lowest BCUT2D eigenvalue weighted by Crippen LogP contribution is -2.37. The monoisotopic (exact) mass is 304 g/mol. The minimum absolute atomic E-state index is 0.333. The highest BCUT2D eigenvalue weighted by molar-refractivity contribution is 6.28. The molecule has 4 nitrogen and oxygen atoms in total. The number of aromatic nitrogens is 2. The second kappa shape index (κ2) is 6.16. The van der Waals surface area contributed by atoms with Crippen molar-refractivity contribution in [2.75, 3.05) is 38.6 Å². The molecule has 1 aromatic carbocycles. The molecule has 3 rings (SSSR count). The predicted molar refractivity (Wildman–Crippen MR) is 88.0 cm³/mol. The summed E-state index contributed by atoms with van der Waals surface area (Å²) in [5.74, 6) is 1.76. The number of para-hydroxylation sites is 1. The van der Waals surface area contributed by atoms with Crippen molar-refractivity contribution < 1.29 is 0 Å². The molecule has 0 atom stereocenters. The minimum atomic E-state index is 0.333. The van der Waals surface area contributed by atoms with Crippen LogP contribution in [0.1, 0.15) is 12.8 Å². The summed E-state index contributed by atoms with van der Waals surface area (Å²) >= 11 is 6.09. The topological polar surface area (TPSA) is 32.3 Å². The van der Waals surface area contributed by atoms with Crippen LogP contribution in [0.4, 0.5) is 5.82 Å². The van der Waals surface area contributed by atoms with Crippen molar-refractivity contribution in [2.45, 2.75) is 12.8 Å². The summed E-state index contributed by atoms with van der Waals surface area (Å²) in [7, 11) is 4.29. The molecule has 1 aliphatic heterocycles. The molecule has 1 saturated heterocycles. The third kappa shape index (κ3) is 3.27. The Morgan fingerprint density at radius 1 is 1.19 bits per heavy atom. The van der Waals surface area contributed by atoms with Crippen LogP contribution in [-0.4, -0.2) is 48.6 Å². The number of hydrogen-bond acceptors (Lipinski definition) is 4. The van der Waals surface area contributed by atoms with Gasteiger partial charge in [-0.3, -0.25) is 0 Å². The molecule has 2 aromatic rings. The van der Waals surface area contributed by atoms with Gasteiger partial charge in [0, 0.05) is 25.0 Å². The van der Waals surface area contributed by atoms with Crippen molar-refractivity contribution in [3.8, 4) is 0 Å². The Bertz CT molecular complexity index is 621. The summed E-state index contributed by atoms with van der Waals surface area (Å²) in [4.78, 5) is 13.4. The quantitative estimate of drug-likeness (QED) is 0.816. The van der Waals surface area contributed by atoms with Crippen LogP contribution >= 0.6 is 11.6 Å². The highest BCUT2D eigenvalue weighted by Crippen LogP contribution is 2.29. The normalized spacial score (nSPS) is 16.9. The van der Waals surface area contributed by atoms with E-state index in [2.05, 4.69) is 39.9 Å². The fourth-order valence-electron chi connectivity index (χ4n) is 3.12. The molecule has 0 unspecified atom stereocenters. The van der Waals surface area contributed by atoms with Crippen molar-refractivity contribution in [1.29, 1.82) is 0 Å². The molecule has 0 amide bonds. The molecule has 0 saturated carbocycles. The number of hydrogen-bond donors (Lipinski definition) is 0. The fourth-order valence-corrected chi connectivity index (χ4v) is 3.29. The van der Waals surface area contributed by atoms with Crippen LogP contribution in [-0.2, 0) is 0 Å². The number of anilines is 1. The number of benzene rings is 1. The lowest BCUT2D eigenvalue weighted by atomic mass is 9.96. The number of halogens is 1. The van der Waals surface area contributed by atoms with Crippen LogP contribution in [0.5, 0.6) is 0 Å². The van der Waals surface area contributed by atoms with Gasteiger partial charge in [0.25, 0.3) is 0 Å². The molecular weight excluding hydrogens is 284 g/mol. The van der Waals surface area contributed by atoms with E-state index in [1.807, 2.05) is 18.2 Å². The van der Waals surface area contributed by atoms with Crippen LogP contribution in [0.25, 0.3) is 10.9 Å². The van der Waals surface area contributed by atoms with Gasteiger partial charge < -0.3 is 9.80 Å². The van der Waals surface area contributed by atoms with Crippen molar-refractivity contribution in [1.82, 2.24) is 14.9 Å². The minimum Gasteiger partial charge on any atom is -0.356 e. The molecule has 0 radical (unpaired) electrons. The summed E-state index contributed by atoms with van der Waals surface area (Å²) in [6.45, 7) is 3.24. The lowest BCUT2D eigenvalue weighted by molar-refractivity contribution is 0.285. The number of piperidine rings is 1. The van der Waals surface area contributed by atoms with Crippen LogP contribution in [0.15, 0.2) is 24.3 Å². The number of nitrogens with zero attached hydrogens (tertiary/aromatic N) is 4. The Morgan fingerprint density at radius 3 is 2.62 bits per heavy atom. The van der Waals surface area contributed by atoms with E-state index in [1.54, 1.807) is 0 Å². The zero-order valence-corrected chi connectivity index (χ0v) is 13.3. The van der Waals surface area contributed by atoms with E-state index in [4.69, 9.17) is 11.6 Å². The van der Waals surface area contributed by atoms with Crippen LogP contribution < -0.4 is 4.90 Å². The van der Waals surface area contributed by atoms with Gasteiger partial charge in [0.2, 0.25) is 5.28 Å². The van der Waals surface area contributed by atoms with E-state index < -0.39 is 0 Å². The largest absolute Gasteiger partial charge is 0.356 e. The molecule has 1 aliphatic rings. The van der Waals surface area contributed by atoms with E-state index >= 15 is 0 Å². The first-order chi connectivity index (χ1) is 10.1. The molecule has 0 aliphatic carbocycles. The number of fused-ring (bicyclic) bond motifs is 1. The molecule has 5 heteroatoms. The van der Waals surface area contributed by atoms with Gasteiger partial charge in [0.1, 0.15) is 5.82 Å². The van der Waals surface area contributed by atoms with E-state index in [0.717, 1.165) is 35.7 Å². The average Bonchev–Trinajstić information content (AvgIpc) is 2.46. The molecule has 0 spiro atoms. The van der Waals surface area contributed by atoms with Gasteiger partial charge in [-0.2, -0.15) is 4.98 Å². The maximum absolute atomic E-state index is 6.09. The Kier molecular flexibility index (Phi) is 4.27. The standard InChI is InChI=1S/C16H21ClN4/c1-20(2)11-12-7-9-21(10-8-12)15-13-5-3-4-6-14(13)18-16(17)19-15/h3-6,12H,7-11H2,1-2H3. The smallest absolute Gasteiger partial charge is 0.224 e. The van der Waals surface area contributed by atoms with Gasteiger partial charge in [-0.15, -0.1) is 0 Å². The summed E-state index contributed by atoms with van der Waals surface area (Å²) in [6.07, 6.45) is 2.41. The molecule has 2 heterocycles. The molecule has 1 fully saturated rings. The van der Waals surface area contributed by atoms with E-state index in [-0.39, 0.29) is 0 Å². The Balaban J connectivity index is 1.82. The third-order valence-corrected chi connectivity index (χ3v) is 4.26. The van der Waals surface area contributed by atoms with Crippen molar-refractivity contribution in [2.24, 2.45) is 5.92 Å². The molecule has 0 N–H and O–H groups in total. The zero-order valence-electron chi connectivity index (χ0n) is 12.6. The number of rotatable bonds is 3. The second-order valence-corrected chi connectivity index (χ2v) is 6.36. The van der Waals surface area contributed by atoms with Gasteiger partial charge in [-0.1, -0.05) is 12.1 Å².